The molecule has 3 aromatic carbocycles. The molecule has 1 N–H and O–H groups in total. The van der Waals surface area contributed by atoms with Gasteiger partial charge < -0.3 is 14.7 Å². The van der Waals surface area contributed by atoms with Crippen molar-refractivity contribution >= 4 is 34.1 Å². The molecule has 0 saturated carbocycles. The molecule has 3 aromatic rings. The summed E-state index contributed by atoms with van der Waals surface area (Å²) in [5.74, 6) is 0. The highest BCUT2D eigenvalue weighted by Crippen LogP contribution is 2.27. The van der Waals surface area contributed by atoms with E-state index in [2.05, 4.69) is 129 Å². The van der Waals surface area contributed by atoms with Crippen molar-refractivity contribution in [2.45, 2.75) is 27.7 Å². The van der Waals surface area contributed by atoms with E-state index in [9.17, 15) is 0 Å². The summed E-state index contributed by atoms with van der Waals surface area (Å²) in [4.78, 5) is 8.28. The molecule has 1 unspecified atom stereocenters. The van der Waals surface area contributed by atoms with Crippen LogP contribution in [0.4, 0.5) is 34.1 Å². The van der Waals surface area contributed by atoms with Gasteiger partial charge in [-0.1, -0.05) is 0 Å². The first-order valence-electron chi connectivity index (χ1n) is 11.9. The number of anilines is 4. The molecule has 0 amide bonds. The highest BCUT2D eigenvalue weighted by atomic mass is 15.1. The fourth-order valence-electron chi connectivity index (χ4n) is 4.24. The largest absolute Gasteiger partial charge is 0.372 e. The van der Waals surface area contributed by atoms with Crippen molar-refractivity contribution in [1.29, 1.82) is 0 Å². The Morgan fingerprint density at radius 2 is 0.781 bits per heavy atom. The maximum Gasteiger partial charge on any atom is 0.136 e. The van der Waals surface area contributed by atoms with Gasteiger partial charge in [0.2, 0.25) is 0 Å². The zero-order chi connectivity index (χ0) is 23.1. The van der Waals surface area contributed by atoms with Crippen LogP contribution < -0.4 is 19.6 Å². The van der Waals surface area contributed by atoms with E-state index in [-0.39, 0.29) is 0 Å². The SMILES string of the molecule is CCN(CC)c1ccc(N(C)c2ccc([NH+](C)c3ccc(N(CC)CC)cc3)cc2)cc1. The van der Waals surface area contributed by atoms with Gasteiger partial charge in [0.25, 0.3) is 0 Å². The molecule has 32 heavy (non-hydrogen) atoms. The summed E-state index contributed by atoms with van der Waals surface area (Å²) in [6.07, 6.45) is 0. The predicted octanol–water partition coefficient (Wildman–Crippen LogP) is 5.62. The number of benzene rings is 3. The first-order valence-corrected chi connectivity index (χ1v) is 11.9. The predicted molar refractivity (Wildman–Crippen MR) is 141 cm³/mol. The van der Waals surface area contributed by atoms with Gasteiger partial charge in [-0.15, -0.1) is 0 Å². The van der Waals surface area contributed by atoms with Crippen molar-refractivity contribution in [3.8, 4) is 0 Å². The smallest absolute Gasteiger partial charge is 0.136 e. The highest BCUT2D eigenvalue weighted by Gasteiger charge is 2.13. The van der Waals surface area contributed by atoms with Crippen LogP contribution in [-0.2, 0) is 0 Å². The van der Waals surface area contributed by atoms with Crippen LogP contribution in [0.15, 0.2) is 72.8 Å². The van der Waals surface area contributed by atoms with Crippen molar-refractivity contribution in [1.82, 2.24) is 0 Å². The average Bonchev–Trinajstić information content (AvgIpc) is 2.85. The molecule has 0 bridgehead atoms. The van der Waals surface area contributed by atoms with E-state index in [1.165, 1.54) is 39.0 Å². The molecule has 4 heteroatoms. The second kappa shape index (κ2) is 11.1. The number of hydrogen-bond acceptors (Lipinski definition) is 3. The molecule has 0 aliphatic rings. The first kappa shape index (κ1) is 23.7. The van der Waals surface area contributed by atoms with Gasteiger partial charge in [0, 0.05) is 80.2 Å². The lowest BCUT2D eigenvalue weighted by molar-refractivity contribution is -0.735. The van der Waals surface area contributed by atoms with E-state index >= 15 is 0 Å². The zero-order valence-electron chi connectivity index (χ0n) is 20.6. The Labute approximate surface area is 194 Å². The number of rotatable bonds is 10. The van der Waals surface area contributed by atoms with Crippen molar-refractivity contribution in [3.05, 3.63) is 72.8 Å². The van der Waals surface area contributed by atoms with E-state index in [1.54, 1.807) is 0 Å². The van der Waals surface area contributed by atoms with Gasteiger partial charge in [-0.2, -0.15) is 0 Å². The fraction of sp³-hybridized carbons (Fsp3) is 0.357. The van der Waals surface area contributed by atoms with Crippen molar-refractivity contribution in [2.75, 3.05) is 55.0 Å². The lowest BCUT2D eigenvalue weighted by atomic mass is 10.2. The normalized spacial score (nSPS) is 11.8. The molecule has 0 heterocycles. The topological polar surface area (TPSA) is 14.2 Å². The average molecular weight is 432 g/mol. The molecule has 3 rings (SSSR count). The fourth-order valence-corrected chi connectivity index (χ4v) is 4.24. The molecule has 0 aliphatic carbocycles. The van der Waals surface area contributed by atoms with Crippen LogP contribution in [0.2, 0.25) is 0 Å². The molecule has 0 spiro atoms. The molecule has 170 valence electrons. The molecule has 1 atom stereocenters. The summed E-state index contributed by atoms with van der Waals surface area (Å²) in [5, 5.41) is 0. The van der Waals surface area contributed by atoms with E-state index in [0.29, 0.717) is 0 Å². The van der Waals surface area contributed by atoms with Gasteiger partial charge in [-0.25, -0.2) is 0 Å². The number of quaternary nitrogens is 1. The standard InChI is InChI=1S/C28H38N4/c1-7-31(8-2)27-19-15-25(16-20-27)29(5)23-11-13-24(14-12-23)30(6)26-17-21-28(22-18-26)32(9-3)10-4/h11-22H,7-10H2,1-6H3/p+1. The summed E-state index contributed by atoms with van der Waals surface area (Å²) in [6.45, 7) is 12.9. The third-order valence-electron chi connectivity index (χ3n) is 6.48. The minimum Gasteiger partial charge on any atom is -0.372 e. The van der Waals surface area contributed by atoms with E-state index in [1.807, 2.05) is 0 Å². The van der Waals surface area contributed by atoms with Crippen LogP contribution in [0, 0.1) is 0 Å². The Hall–Kier alpha value is -2.98. The number of hydrogen-bond donors (Lipinski definition) is 1. The third-order valence-corrected chi connectivity index (χ3v) is 6.48. The van der Waals surface area contributed by atoms with Crippen LogP contribution in [0.3, 0.4) is 0 Å². The lowest BCUT2D eigenvalue weighted by Gasteiger charge is -2.24. The summed E-state index contributed by atoms with van der Waals surface area (Å²) < 4.78 is 0. The molecule has 0 fully saturated rings. The van der Waals surface area contributed by atoms with Crippen molar-refractivity contribution in [2.24, 2.45) is 0 Å². The molecular formula is C28H39N4+. The third kappa shape index (κ3) is 5.25. The summed E-state index contributed by atoms with van der Waals surface area (Å²) in [5.41, 5.74) is 7.48. The summed E-state index contributed by atoms with van der Waals surface area (Å²) >= 11 is 0. The Kier molecular flexibility index (Phi) is 8.18. The van der Waals surface area contributed by atoms with E-state index in [0.717, 1.165) is 26.2 Å². The van der Waals surface area contributed by atoms with Crippen LogP contribution >= 0.6 is 0 Å². The number of nitrogens with one attached hydrogen (secondary N) is 1. The van der Waals surface area contributed by atoms with Gasteiger partial charge >= 0.3 is 0 Å². The van der Waals surface area contributed by atoms with Crippen molar-refractivity contribution < 1.29 is 4.90 Å². The second-order valence-electron chi connectivity index (χ2n) is 8.14. The Morgan fingerprint density at radius 3 is 1.12 bits per heavy atom. The van der Waals surface area contributed by atoms with Crippen LogP contribution in [0.25, 0.3) is 0 Å². The minimum absolute atomic E-state index is 1.03. The highest BCUT2D eigenvalue weighted by molar-refractivity contribution is 5.66. The second-order valence-corrected chi connectivity index (χ2v) is 8.14. The maximum absolute atomic E-state index is 2.37. The Morgan fingerprint density at radius 1 is 0.500 bits per heavy atom. The minimum atomic E-state index is 1.03. The van der Waals surface area contributed by atoms with Gasteiger partial charge in [-0.05, 0) is 76.2 Å². The van der Waals surface area contributed by atoms with Gasteiger partial charge in [0.1, 0.15) is 11.4 Å². The van der Waals surface area contributed by atoms with Gasteiger partial charge in [0.05, 0.1) is 7.05 Å². The molecule has 0 radical (unpaired) electrons. The molecule has 0 aliphatic heterocycles. The Bertz CT molecular complexity index is 860. The Balaban J connectivity index is 1.71. The van der Waals surface area contributed by atoms with Gasteiger partial charge in [0.15, 0.2) is 0 Å². The quantitative estimate of drug-likeness (QED) is 0.448. The van der Waals surface area contributed by atoms with Crippen LogP contribution in [0.1, 0.15) is 27.7 Å². The van der Waals surface area contributed by atoms with Crippen LogP contribution in [0.5, 0.6) is 0 Å². The zero-order valence-corrected chi connectivity index (χ0v) is 20.6. The summed E-state index contributed by atoms with van der Waals surface area (Å²) in [7, 11) is 4.33. The van der Waals surface area contributed by atoms with Crippen LogP contribution in [-0.4, -0.2) is 40.3 Å². The van der Waals surface area contributed by atoms with E-state index < -0.39 is 0 Å². The molecule has 0 saturated heterocycles. The van der Waals surface area contributed by atoms with Gasteiger partial charge in [-0.3, -0.25) is 4.90 Å². The molecular weight excluding hydrogens is 392 g/mol. The number of nitrogens with zero attached hydrogens (tertiary/aromatic N) is 3. The molecule has 4 nitrogen and oxygen atoms in total. The monoisotopic (exact) mass is 431 g/mol. The maximum atomic E-state index is 2.37. The molecule has 0 aromatic heterocycles. The first-order chi connectivity index (χ1) is 15.5. The summed E-state index contributed by atoms with van der Waals surface area (Å²) in [6, 6.07) is 26.6. The van der Waals surface area contributed by atoms with E-state index in [4.69, 9.17) is 0 Å². The van der Waals surface area contributed by atoms with Crippen molar-refractivity contribution in [3.63, 3.8) is 0 Å². The lowest BCUT2D eigenvalue weighted by Crippen LogP contribution is -2.98.